The molecule has 0 aliphatic carbocycles. The Morgan fingerprint density at radius 1 is 1.22 bits per heavy atom. The molecule has 3 amide bonds. The minimum absolute atomic E-state index is 0.102. The van der Waals surface area contributed by atoms with Crippen molar-refractivity contribution in [3.63, 3.8) is 0 Å². The van der Waals surface area contributed by atoms with Crippen LogP contribution in [0.5, 0.6) is 0 Å². The van der Waals surface area contributed by atoms with Crippen LogP contribution in [-0.4, -0.2) is 80.9 Å². The summed E-state index contributed by atoms with van der Waals surface area (Å²) in [5, 5.41) is 10.6. The highest BCUT2D eigenvalue weighted by atomic mass is 35.5. The van der Waals surface area contributed by atoms with Crippen LogP contribution in [0.1, 0.15) is 26.7 Å². The lowest BCUT2D eigenvalue weighted by molar-refractivity contribution is -0.145. The molecule has 2 bridgehead atoms. The van der Waals surface area contributed by atoms with Gasteiger partial charge in [0.15, 0.2) is 0 Å². The molecular weight excluding hydrogens is 498 g/mol. The average molecular weight is 532 g/mol. The predicted octanol–water partition coefficient (Wildman–Crippen LogP) is 3.37. The van der Waals surface area contributed by atoms with Crippen LogP contribution in [0.2, 0.25) is 5.02 Å². The van der Waals surface area contributed by atoms with E-state index in [1.54, 1.807) is 76.9 Å². The van der Waals surface area contributed by atoms with Gasteiger partial charge in [0.25, 0.3) is 5.91 Å². The summed E-state index contributed by atoms with van der Waals surface area (Å²) in [6.45, 7) is 11.7. The molecule has 3 saturated heterocycles. The Kier molecular flexibility index (Phi) is 7.34. The second kappa shape index (κ2) is 9.88. The van der Waals surface area contributed by atoms with Crippen LogP contribution < -0.4 is 4.90 Å². The van der Waals surface area contributed by atoms with Crippen molar-refractivity contribution in [1.29, 1.82) is 0 Å². The van der Waals surface area contributed by atoms with Crippen molar-refractivity contribution in [2.75, 3.05) is 31.6 Å². The maximum atomic E-state index is 14.4. The van der Waals surface area contributed by atoms with E-state index in [0.717, 1.165) is 6.42 Å². The van der Waals surface area contributed by atoms with Crippen LogP contribution in [0.4, 0.5) is 5.69 Å². The van der Waals surface area contributed by atoms with Crippen molar-refractivity contribution < 1.29 is 19.5 Å². The summed E-state index contributed by atoms with van der Waals surface area (Å²) in [4.78, 5) is 46.9. The molecule has 1 aromatic rings. The quantitative estimate of drug-likeness (QED) is 0.494. The molecule has 3 aliphatic rings. The van der Waals surface area contributed by atoms with Crippen molar-refractivity contribution in [3.8, 4) is 0 Å². The minimum Gasteiger partial charge on any atom is -0.394 e. The minimum atomic E-state index is -0.817. The Hall–Kier alpha value is -2.29. The predicted molar refractivity (Wildman–Crippen MR) is 144 cm³/mol. The number of amides is 3. The van der Waals surface area contributed by atoms with Gasteiger partial charge in [-0.2, -0.15) is 0 Å². The molecule has 0 aromatic heterocycles. The zero-order valence-electron chi connectivity index (χ0n) is 21.0. The van der Waals surface area contributed by atoms with Crippen LogP contribution in [0.3, 0.4) is 0 Å². The molecule has 9 heteroatoms. The first kappa shape index (κ1) is 26.8. The third-order valence-corrected chi connectivity index (χ3v) is 10.2. The number of aliphatic hydroxyl groups is 1. The normalized spacial score (nSPS) is 31.2. The van der Waals surface area contributed by atoms with Crippen LogP contribution >= 0.6 is 23.4 Å². The summed E-state index contributed by atoms with van der Waals surface area (Å²) in [7, 11) is 1.72. The number of thioether (sulfide) groups is 1. The molecular formula is C27H34ClN3O4S. The first-order valence-corrected chi connectivity index (χ1v) is 13.4. The van der Waals surface area contributed by atoms with Crippen molar-refractivity contribution in [3.05, 3.63) is 54.6 Å². The lowest BCUT2D eigenvalue weighted by atomic mass is 9.66. The fourth-order valence-corrected chi connectivity index (χ4v) is 8.78. The molecule has 1 spiro atoms. The molecule has 1 N–H and O–H groups in total. The number of benzene rings is 1. The van der Waals surface area contributed by atoms with E-state index in [9.17, 15) is 19.5 Å². The molecule has 1 aromatic carbocycles. The van der Waals surface area contributed by atoms with E-state index in [1.165, 1.54) is 0 Å². The number of aliphatic hydroxyl groups excluding tert-OH is 1. The Morgan fingerprint density at radius 3 is 2.44 bits per heavy atom. The van der Waals surface area contributed by atoms with Gasteiger partial charge in [-0.25, -0.2) is 0 Å². The standard InChI is InChI=1S/C27H34ClN3O4S/c1-6-14-29(5)23(33)20-21-24(34)31(17(3)16-32)22(27(21)13-12-26(20,4)36-27)25(35)30(15-7-2)19-10-8-18(28)9-11-19/h6-11,17,20-22,32H,1-2,12-16H2,3-5H3/t17-,20-,21+,22?,26+,27?/m1/s1. The second-order valence-corrected chi connectivity index (χ2v) is 12.6. The maximum absolute atomic E-state index is 14.4. The molecule has 194 valence electrons. The number of likely N-dealkylation sites (tertiary alicyclic amines) is 1. The first-order valence-electron chi connectivity index (χ1n) is 12.2. The van der Waals surface area contributed by atoms with Gasteiger partial charge >= 0.3 is 0 Å². The number of likely N-dealkylation sites (N-methyl/N-ethyl adjacent to an activating group) is 1. The fourth-order valence-electron chi connectivity index (χ4n) is 6.32. The van der Waals surface area contributed by atoms with Crippen LogP contribution in [0.25, 0.3) is 0 Å². The van der Waals surface area contributed by atoms with E-state index < -0.39 is 33.4 Å². The van der Waals surface area contributed by atoms with Crippen molar-refractivity contribution in [1.82, 2.24) is 9.80 Å². The summed E-state index contributed by atoms with van der Waals surface area (Å²) in [5.41, 5.74) is 0.648. The number of rotatable bonds is 9. The molecule has 3 heterocycles. The van der Waals surface area contributed by atoms with E-state index in [-0.39, 0.29) is 30.9 Å². The molecule has 7 nitrogen and oxygen atoms in total. The van der Waals surface area contributed by atoms with Crippen molar-refractivity contribution in [2.24, 2.45) is 11.8 Å². The van der Waals surface area contributed by atoms with E-state index in [0.29, 0.717) is 23.7 Å². The zero-order chi connectivity index (χ0) is 26.4. The van der Waals surface area contributed by atoms with Crippen molar-refractivity contribution >= 4 is 46.8 Å². The summed E-state index contributed by atoms with van der Waals surface area (Å²) in [6, 6.07) is 5.59. The van der Waals surface area contributed by atoms with E-state index >= 15 is 0 Å². The van der Waals surface area contributed by atoms with Gasteiger partial charge in [0.2, 0.25) is 11.8 Å². The SMILES string of the molecule is C=CCN(C)C(=O)[C@H]1[C@H]2C(=O)N([C@H](C)CO)C(C(=O)N(CC=C)c3ccc(Cl)cc3)C23CC[C@]1(C)S3. The fraction of sp³-hybridized carbons (Fsp3) is 0.519. The smallest absolute Gasteiger partial charge is 0.251 e. The Balaban J connectivity index is 1.82. The molecule has 3 fully saturated rings. The monoisotopic (exact) mass is 531 g/mol. The van der Waals surface area contributed by atoms with E-state index in [2.05, 4.69) is 13.2 Å². The largest absolute Gasteiger partial charge is 0.394 e. The van der Waals surface area contributed by atoms with Crippen molar-refractivity contribution in [2.45, 2.75) is 48.3 Å². The molecule has 6 atom stereocenters. The number of hydrogen-bond donors (Lipinski definition) is 1. The number of fused-ring (bicyclic) bond motifs is 1. The summed E-state index contributed by atoms with van der Waals surface area (Å²) in [6.07, 6.45) is 4.69. The lowest BCUT2D eigenvalue weighted by Gasteiger charge is -2.39. The third kappa shape index (κ3) is 3.98. The highest BCUT2D eigenvalue weighted by molar-refractivity contribution is 8.02. The first-order chi connectivity index (χ1) is 17.1. The van der Waals surface area contributed by atoms with E-state index in [4.69, 9.17) is 11.6 Å². The molecule has 4 rings (SSSR count). The Bertz CT molecular complexity index is 1080. The summed E-state index contributed by atoms with van der Waals surface area (Å²) >= 11 is 7.70. The number of carbonyl (C=O) groups is 3. The Labute approximate surface area is 222 Å². The maximum Gasteiger partial charge on any atom is 0.251 e. The number of anilines is 1. The molecule has 0 radical (unpaired) electrons. The highest BCUT2D eigenvalue weighted by Crippen LogP contribution is 2.71. The molecule has 2 unspecified atom stereocenters. The molecule has 36 heavy (non-hydrogen) atoms. The van der Waals surface area contributed by atoms with Crippen LogP contribution in [0, 0.1) is 11.8 Å². The highest BCUT2D eigenvalue weighted by Gasteiger charge is 2.77. The number of hydrogen-bond acceptors (Lipinski definition) is 5. The summed E-state index contributed by atoms with van der Waals surface area (Å²) < 4.78 is -1.21. The topological polar surface area (TPSA) is 81.2 Å². The second-order valence-electron chi connectivity index (χ2n) is 10.2. The van der Waals surface area contributed by atoms with Gasteiger partial charge in [-0.1, -0.05) is 23.8 Å². The van der Waals surface area contributed by atoms with Gasteiger partial charge < -0.3 is 19.8 Å². The zero-order valence-corrected chi connectivity index (χ0v) is 22.6. The van der Waals surface area contributed by atoms with Gasteiger partial charge in [0.05, 0.1) is 29.2 Å². The van der Waals surface area contributed by atoms with Gasteiger partial charge in [-0.3, -0.25) is 14.4 Å². The van der Waals surface area contributed by atoms with Gasteiger partial charge in [0, 0.05) is 35.6 Å². The molecule has 3 aliphatic heterocycles. The lowest BCUT2D eigenvalue weighted by Crippen LogP contribution is -2.57. The van der Waals surface area contributed by atoms with Gasteiger partial charge in [-0.15, -0.1) is 24.9 Å². The molecule has 0 saturated carbocycles. The number of nitrogens with zero attached hydrogens (tertiary/aromatic N) is 3. The number of halogens is 1. The Morgan fingerprint density at radius 2 is 1.86 bits per heavy atom. The van der Waals surface area contributed by atoms with Crippen LogP contribution in [0.15, 0.2) is 49.6 Å². The number of carbonyl (C=O) groups excluding carboxylic acids is 3. The average Bonchev–Trinajstić information content (AvgIpc) is 3.42. The van der Waals surface area contributed by atoms with Gasteiger partial charge in [-0.05, 0) is 51.0 Å². The summed E-state index contributed by atoms with van der Waals surface area (Å²) in [5.74, 6) is -1.76. The van der Waals surface area contributed by atoms with E-state index in [1.807, 2.05) is 6.92 Å². The third-order valence-electron chi connectivity index (χ3n) is 7.95. The van der Waals surface area contributed by atoms with Gasteiger partial charge in [0.1, 0.15) is 6.04 Å². The van der Waals surface area contributed by atoms with Crippen LogP contribution in [-0.2, 0) is 14.4 Å².